The molecule has 0 saturated carbocycles. The number of nitriles is 1. The zero-order chi connectivity index (χ0) is 11.1. The van der Waals surface area contributed by atoms with Gasteiger partial charge in [0.15, 0.2) is 0 Å². The fraction of sp³-hybridized carbons (Fsp3) is 0.250. The minimum absolute atomic E-state index is 0.560. The van der Waals surface area contributed by atoms with Crippen LogP contribution in [0.5, 0.6) is 5.75 Å². The zero-order valence-corrected chi connectivity index (χ0v) is 8.79. The lowest BCUT2D eigenvalue weighted by Crippen LogP contribution is -2.12. The maximum Gasteiger partial charge on any atom is 0.136 e. The van der Waals surface area contributed by atoms with E-state index in [2.05, 4.69) is 18.0 Å². The van der Waals surface area contributed by atoms with Crippen LogP contribution in [-0.2, 0) is 6.54 Å². The normalized spacial score (nSPS) is 9.33. The van der Waals surface area contributed by atoms with Crippen LogP contribution in [0, 0.1) is 11.3 Å². The summed E-state index contributed by atoms with van der Waals surface area (Å²) in [6.07, 6.45) is 1.81. The average molecular weight is 202 g/mol. The van der Waals surface area contributed by atoms with Crippen molar-refractivity contribution in [3.63, 3.8) is 0 Å². The van der Waals surface area contributed by atoms with E-state index >= 15 is 0 Å². The van der Waals surface area contributed by atoms with Gasteiger partial charge >= 0.3 is 0 Å². The van der Waals surface area contributed by atoms with Crippen LogP contribution in [0.4, 0.5) is 0 Å². The van der Waals surface area contributed by atoms with E-state index in [4.69, 9.17) is 10.00 Å². The predicted molar refractivity (Wildman–Crippen MR) is 59.6 cm³/mol. The van der Waals surface area contributed by atoms with Gasteiger partial charge in [-0.2, -0.15) is 5.26 Å². The van der Waals surface area contributed by atoms with Gasteiger partial charge in [0.05, 0.1) is 12.7 Å². The Morgan fingerprint density at radius 1 is 1.60 bits per heavy atom. The van der Waals surface area contributed by atoms with Crippen LogP contribution in [0.1, 0.15) is 11.1 Å². The molecule has 3 nitrogen and oxygen atoms in total. The molecule has 3 heteroatoms. The summed E-state index contributed by atoms with van der Waals surface area (Å²) in [5.74, 6) is 0.621. The van der Waals surface area contributed by atoms with Crippen molar-refractivity contribution in [1.82, 2.24) is 5.32 Å². The van der Waals surface area contributed by atoms with Gasteiger partial charge in [-0.25, -0.2) is 0 Å². The lowest BCUT2D eigenvalue weighted by molar-refractivity contribution is 0.413. The number of hydrogen-bond acceptors (Lipinski definition) is 3. The number of hydrogen-bond donors (Lipinski definition) is 1. The van der Waals surface area contributed by atoms with E-state index in [-0.39, 0.29) is 0 Å². The highest BCUT2D eigenvalue weighted by atomic mass is 16.5. The molecule has 0 spiro atoms. The van der Waals surface area contributed by atoms with Crippen molar-refractivity contribution in [2.24, 2.45) is 0 Å². The second-order valence-electron chi connectivity index (χ2n) is 3.07. The zero-order valence-electron chi connectivity index (χ0n) is 8.79. The summed E-state index contributed by atoms with van der Waals surface area (Å²) in [6.45, 7) is 5.13. The first kappa shape index (κ1) is 11.3. The van der Waals surface area contributed by atoms with Crippen LogP contribution in [0.15, 0.2) is 30.9 Å². The van der Waals surface area contributed by atoms with E-state index in [1.165, 1.54) is 0 Å². The molecule has 78 valence electrons. The molecular weight excluding hydrogens is 188 g/mol. The molecule has 1 aromatic carbocycles. The SMILES string of the molecule is C=CCNCc1ccc(C#N)c(OC)c1. The van der Waals surface area contributed by atoms with Crippen molar-refractivity contribution in [2.75, 3.05) is 13.7 Å². The summed E-state index contributed by atoms with van der Waals surface area (Å²) >= 11 is 0. The van der Waals surface area contributed by atoms with Crippen molar-refractivity contribution in [3.05, 3.63) is 42.0 Å². The van der Waals surface area contributed by atoms with Gasteiger partial charge in [-0.1, -0.05) is 12.1 Å². The quantitative estimate of drug-likeness (QED) is 0.585. The molecule has 0 aromatic heterocycles. The van der Waals surface area contributed by atoms with Crippen molar-refractivity contribution in [1.29, 1.82) is 5.26 Å². The first-order valence-corrected chi connectivity index (χ1v) is 4.70. The minimum Gasteiger partial charge on any atom is -0.495 e. The Labute approximate surface area is 90.0 Å². The summed E-state index contributed by atoms with van der Waals surface area (Å²) < 4.78 is 5.11. The Morgan fingerprint density at radius 2 is 2.40 bits per heavy atom. The van der Waals surface area contributed by atoms with Gasteiger partial charge in [0.1, 0.15) is 11.8 Å². The van der Waals surface area contributed by atoms with Gasteiger partial charge in [-0.05, 0) is 17.7 Å². The second-order valence-corrected chi connectivity index (χ2v) is 3.07. The Bertz CT molecular complexity index is 380. The maximum absolute atomic E-state index is 8.80. The Balaban J connectivity index is 2.75. The molecule has 0 aliphatic rings. The van der Waals surface area contributed by atoms with Crippen LogP contribution in [0.2, 0.25) is 0 Å². The molecule has 1 rings (SSSR count). The molecule has 0 fully saturated rings. The van der Waals surface area contributed by atoms with Crippen molar-refractivity contribution < 1.29 is 4.74 Å². The molecule has 0 aliphatic carbocycles. The molecule has 1 aromatic rings. The molecule has 15 heavy (non-hydrogen) atoms. The van der Waals surface area contributed by atoms with Gasteiger partial charge in [0.2, 0.25) is 0 Å². The van der Waals surface area contributed by atoms with E-state index in [1.54, 1.807) is 19.3 Å². The molecule has 0 amide bonds. The van der Waals surface area contributed by atoms with Crippen LogP contribution >= 0.6 is 0 Å². The van der Waals surface area contributed by atoms with Gasteiger partial charge in [0.25, 0.3) is 0 Å². The first-order valence-electron chi connectivity index (χ1n) is 4.70. The number of rotatable bonds is 5. The largest absolute Gasteiger partial charge is 0.495 e. The fourth-order valence-corrected chi connectivity index (χ4v) is 1.26. The molecule has 0 aliphatic heterocycles. The molecule has 0 atom stereocenters. The van der Waals surface area contributed by atoms with E-state index in [9.17, 15) is 0 Å². The number of benzene rings is 1. The Hall–Kier alpha value is -1.79. The molecule has 0 bridgehead atoms. The summed E-state index contributed by atoms with van der Waals surface area (Å²) in [5, 5.41) is 12.0. The molecule has 0 saturated heterocycles. The highest BCUT2D eigenvalue weighted by Crippen LogP contribution is 2.18. The third-order valence-corrected chi connectivity index (χ3v) is 2.00. The molecule has 0 heterocycles. The summed E-state index contributed by atoms with van der Waals surface area (Å²) in [6, 6.07) is 7.63. The number of ether oxygens (including phenoxy) is 1. The number of methoxy groups -OCH3 is 1. The first-order chi connectivity index (χ1) is 7.31. The van der Waals surface area contributed by atoms with Gasteiger partial charge < -0.3 is 10.1 Å². The highest BCUT2D eigenvalue weighted by molar-refractivity contribution is 5.45. The Morgan fingerprint density at radius 3 is 3.00 bits per heavy atom. The molecule has 0 radical (unpaired) electrons. The van der Waals surface area contributed by atoms with Crippen LogP contribution in [0.3, 0.4) is 0 Å². The van der Waals surface area contributed by atoms with Crippen molar-refractivity contribution in [2.45, 2.75) is 6.54 Å². The predicted octanol–water partition coefficient (Wildman–Crippen LogP) is 1.84. The third kappa shape index (κ3) is 3.12. The molecule has 0 unspecified atom stereocenters. The summed E-state index contributed by atoms with van der Waals surface area (Å²) in [5.41, 5.74) is 1.65. The second kappa shape index (κ2) is 5.84. The van der Waals surface area contributed by atoms with E-state index in [0.717, 1.165) is 18.7 Å². The summed E-state index contributed by atoms with van der Waals surface area (Å²) in [4.78, 5) is 0. The highest BCUT2D eigenvalue weighted by Gasteiger charge is 2.02. The van der Waals surface area contributed by atoms with E-state index < -0.39 is 0 Å². The van der Waals surface area contributed by atoms with Crippen LogP contribution < -0.4 is 10.1 Å². The number of nitrogens with one attached hydrogen (secondary N) is 1. The molecule has 1 N–H and O–H groups in total. The lowest BCUT2D eigenvalue weighted by Gasteiger charge is -2.06. The minimum atomic E-state index is 0.560. The monoisotopic (exact) mass is 202 g/mol. The van der Waals surface area contributed by atoms with Gasteiger partial charge in [0, 0.05) is 13.1 Å². The van der Waals surface area contributed by atoms with E-state index in [1.807, 2.05) is 12.1 Å². The van der Waals surface area contributed by atoms with Crippen molar-refractivity contribution in [3.8, 4) is 11.8 Å². The van der Waals surface area contributed by atoms with Crippen molar-refractivity contribution >= 4 is 0 Å². The third-order valence-electron chi connectivity index (χ3n) is 2.00. The lowest BCUT2D eigenvalue weighted by atomic mass is 10.1. The smallest absolute Gasteiger partial charge is 0.136 e. The Kier molecular flexibility index (Phi) is 4.39. The van der Waals surface area contributed by atoms with Crippen LogP contribution in [0.25, 0.3) is 0 Å². The number of nitrogens with zero attached hydrogens (tertiary/aromatic N) is 1. The topological polar surface area (TPSA) is 45.0 Å². The van der Waals surface area contributed by atoms with E-state index in [0.29, 0.717) is 11.3 Å². The molecular formula is C12H14N2O. The van der Waals surface area contributed by atoms with Crippen LogP contribution in [-0.4, -0.2) is 13.7 Å². The van der Waals surface area contributed by atoms with Gasteiger partial charge in [-0.3, -0.25) is 0 Å². The summed E-state index contributed by atoms with van der Waals surface area (Å²) in [7, 11) is 1.57. The fourth-order valence-electron chi connectivity index (χ4n) is 1.26. The average Bonchev–Trinajstić information content (AvgIpc) is 2.29. The van der Waals surface area contributed by atoms with Gasteiger partial charge in [-0.15, -0.1) is 6.58 Å². The maximum atomic E-state index is 8.80. The standard InChI is InChI=1S/C12H14N2O/c1-3-6-14-9-10-4-5-11(8-13)12(7-10)15-2/h3-5,7,14H,1,6,9H2,2H3.